The van der Waals surface area contributed by atoms with E-state index in [2.05, 4.69) is 5.32 Å². The van der Waals surface area contributed by atoms with Crippen molar-refractivity contribution >= 4 is 11.6 Å². The molecular weight excluding hydrogens is 236 g/mol. The van der Waals surface area contributed by atoms with Crippen molar-refractivity contribution in [1.82, 2.24) is 0 Å². The molecule has 6 heteroatoms. The van der Waals surface area contributed by atoms with Gasteiger partial charge in [0, 0.05) is 13.0 Å². The van der Waals surface area contributed by atoms with Crippen LogP contribution in [0, 0.1) is 5.21 Å². The second-order valence-corrected chi connectivity index (χ2v) is 3.63. The van der Waals surface area contributed by atoms with Crippen molar-refractivity contribution in [3.8, 4) is 11.3 Å². The lowest BCUT2D eigenvalue weighted by Gasteiger charge is -2.02. The van der Waals surface area contributed by atoms with E-state index in [1.54, 1.807) is 12.1 Å². The van der Waals surface area contributed by atoms with Crippen LogP contribution in [-0.2, 0) is 4.79 Å². The first kappa shape index (κ1) is 11.8. The number of hydrogen-bond acceptors (Lipinski definition) is 4. The van der Waals surface area contributed by atoms with Gasteiger partial charge in [0.1, 0.15) is 11.4 Å². The van der Waals surface area contributed by atoms with Crippen molar-refractivity contribution in [3.05, 3.63) is 52.3 Å². The molecular formula is C12H10N2O4. The molecule has 2 aromatic rings. The van der Waals surface area contributed by atoms with E-state index in [0.29, 0.717) is 10.3 Å². The normalized spacial score (nSPS) is 10.1. The lowest BCUT2D eigenvalue weighted by molar-refractivity contribution is -0.604. The molecule has 1 amide bonds. The largest absolute Gasteiger partial charge is 0.619 e. The second-order valence-electron chi connectivity index (χ2n) is 3.63. The van der Waals surface area contributed by atoms with E-state index in [0.717, 1.165) is 0 Å². The Morgan fingerprint density at radius 1 is 1.39 bits per heavy atom. The molecule has 0 saturated heterocycles. The molecule has 2 heterocycles. The summed E-state index contributed by atoms with van der Waals surface area (Å²) in [4.78, 5) is 22.4. The summed E-state index contributed by atoms with van der Waals surface area (Å²) in [5, 5.41) is 13.5. The molecule has 6 nitrogen and oxygen atoms in total. The number of nitrogens with zero attached hydrogens (tertiary/aromatic N) is 1. The molecule has 0 spiro atoms. The van der Waals surface area contributed by atoms with E-state index in [1.165, 1.54) is 31.5 Å². The zero-order valence-electron chi connectivity index (χ0n) is 9.54. The van der Waals surface area contributed by atoms with Gasteiger partial charge in [-0.3, -0.25) is 4.79 Å². The number of aromatic nitrogens is 1. The van der Waals surface area contributed by atoms with Crippen LogP contribution in [0.25, 0.3) is 11.3 Å². The van der Waals surface area contributed by atoms with Crippen LogP contribution in [0.2, 0.25) is 0 Å². The highest BCUT2D eigenvalue weighted by Crippen LogP contribution is 2.16. The van der Waals surface area contributed by atoms with Crippen LogP contribution in [-0.4, -0.2) is 5.91 Å². The Kier molecular flexibility index (Phi) is 3.09. The summed E-state index contributed by atoms with van der Waals surface area (Å²) in [5.41, 5.74) is -0.111. The average Bonchev–Trinajstić information content (AvgIpc) is 2.31. The Bertz CT molecular complexity index is 649. The topological polar surface area (TPSA) is 86.2 Å². The first-order valence-corrected chi connectivity index (χ1v) is 5.17. The maximum Gasteiger partial charge on any atom is 0.360 e. The molecule has 1 N–H and O–H groups in total. The predicted molar refractivity (Wildman–Crippen MR) is 63.7 cm³/mol. The summed E-state index contributed by atoms with van der Waals surface area (Å²) < 4.78 is 5.64. The Hall–Kier alpha value is -2.63. The van der Waals surface area contributed by atoms with Crippen LogP contribution in [0.15, 0.2) is 45.9 Å². The van der Waals surface area contributed by atoms with Gasteiger partial charge in [0.25, 0.3) is 0 Å². The molecule has 0 saturated carbocycles. The molecule has 0 unspecified atom stereocenters. The number of anilines is 1. The number of amides is 1. The first-order valence-electron chi connectivity index (χ1n) is 5.17. The minimum Gasteiger partial charge on any atom is -0.619 e. The summed E-state index contributed by atoms with van der Waals surface area (Å²) in [7, 11) is 0. The predicted octanol–water partition coefficient (Wildman–Crippen LogP) is 0.899. The minimum absolute atomic E-state index is 0.0668. The summed E-state index contributed by atoms with van der Waals surface area (Å²) in [6.45, 7) is 1.30. The molecule has 92 valence electrons. The molecule has 0 bridgehead atoms. The van der Waals surface area contributed by atoms with Crippen molar-refractivity contribution in [3.63, 3.8) is 0 Å². The van der Waals surface area contributed by atoms with Crippen molar-refractivity contribution in [2.75, 3.05) is 5.32 Å². The first-order chi connectivity index (χ1) is 8.56. The molecule has 0 aromatic carbocycles. The number of carbonyl (C=O) groups is 1. The third-order valence-electron chi connectivity index (χ3n) is 2.19. The Balaban J connectivity index is 2.40. The maximum absolute atomic E-state index is 11.6. The van der Waals surface area contributed by atoms with Crippen molar-refractivity contribution in [2.24, 2.45) is 0 Å². The van der Waals surface area contributed by atoms with Crippen molar-refractivity contribution < 1.29 is 13.9 Å². The third kappa shape index (κ3) is 2.54. The van der Waals surface area contributed by atoms with Gasteiger partial charge in [0.15, 0.2) is 12.4 Å². The van der Waals surface area contributed by atoms with E-state index < -0.39 is 5.63 Å². The molecule has 18 heavy (non-hydrogen) atoms. The standard InChI is InChI=1S/C12H10N2O4/c1-8(15)13-10-4-5-11(18-12(10)16)9-3-2-6-14(17)7-9/h2-7H,1H3,(H,13,15). The van der Waals surface area contributed by atoms with E-state index in [9.17, 15) is 14.8 Å². The van der Waals surface area contributed by atoms with Gasteiger partial charge in [-0.05, 0) is 18.2 Å². The molecule has 0 fully saturated rings. The zero-order valence-corrected chi connectivity index (χ0v) is 9.54. The van der Waals surface area contributed by atoms with Crippen molar-refractivity contribution in [2.45, 2.75) is 6.92 Å². The van der Waals surface area contributed by atoms with E-state index in [1.807, 2.05) is 0 Å². The Labute approximate surface area is 102 Å². The lowest BCUT2D eigenvalue weighted by Crippen LogP contribution is -2.24. The van der Waals surface area contributed by atoms with Gasteiger partial charge in [-0.15, -0.1) is 0 Å². The van der Waals surface area contributed by atoms with Crippen LogP contribution in [0.1, 0.15) is 6.92 Å². The van der Waals surface area contributed by atoms with Crippen LogP contribution in [0.4, 0.5) is 5.69 Å². The highest BCUT2D eigenvalue weighted by molar-refractivity contribution is 5.88. The molecule has 0 atom stereocenters. The number of pyridine rings is 1. The fourth-order valence-electron chi connectivity index (χ4n) is 1.45. The van der Waals surface area contributed by atoms with Crippen molar-refractivity contribution in [1.29, 1.82) is 0 Å². The van der Waals surface area contributed by atoms with Gasteiger partial charge >= 0.3 is 5.63 Å². The smallest absolute Gasteiger partial charge is 0.360 e. The molecule has 0 aliphatic carbocycles. The van der Waals surface area contributed by atoms with Gasteiger partial charge in [-0.2, -0.15) is 4.73 Å². The Morgan fingerprint density at radius 3 is 2.78 bits per heavy atom. The third-order valence-corrected chi connectivity index (χ3v) is 2.19. The molecule has 2 rings (SSSR count). The molecule has 2 aromatic heterocycles. The van der Waals surface area contributed by atoms with E-state index in [4.69, 9.17) is 4.42 Å². The molecule has 0 aliphatic heterocycles. The van der Waals surface area contributed by atoms with Gasteiger partial charge < -0.3 is 14.9 Å². The minimum atomic E-state index is -0.663. The van der Waals surface area contributed by atoms with Crippen LogP contribution in [0.3, 0.4) is 0 Å². The lowest BCUT2D eigenvalue weighted by atomic mass is 10.2. The summed E-state index contributed by atoms with van der Waals surface area (Å²) in [6.07, 6.45) is 2.61. The van der Waals surface area contributed by atoms with Gasteiger partial charge in [0.05, 0.1) is 5.56 Å². The monoisotopic (exact) mass is 246 g/mol. The fourth-order valence-corrected chi connectivity index (χ4v) is 1.45. The number of carbonyl (C=O) groups excluding carboxylic acids is 1. The number of rotatable bonds is 2. The van der Waals surface area contributed by atoms with Gasteiger partial charge in [0.2, 0.25) is 5.91 Å². The number of hydrogen-bond donors (Lipinski definition) is 1. The number of nitrogens with one attached hydrogen (secondary N) is 1. The Morgan fingerprint density at radius 2 is 2.17 bits per heavy atom. The highest BCUT2D eigenvalue weighted by Gasteiger charge is 2.08. The zero-order chi connectivity index (χ0) is 13.1. The fraction of sp³-hybridized carbons (Fsp3) is 0.0833. The maximum atomic E-state index is 11.6. The SMILES string of the molecule is CC(=O)Nc1ccc(-c2ccc[n+]([O-])c2)oc1=O. The summed E-state index contributed by atoms with van der Waals surface area (Å²) >= 11 is 0. The summed E-state index contributed by atoms with van der Waals surface area (Å²) in [6, 6.07) is 6.14. The van der Waals surface area contributed by atoms with Crippen LogP contribution < -0.4 is 15.7 Å². The molecule has 0 aliphatic rings. The average molecular weight is 246 g/mol. The molecule has 0 radical (unpaired) electrons. The van der Waals surface area contributed by atoms with E-state index in [-0.39, 0.29) is 17.4 Å². The van der Waals surface area contributed by atoms with Crippen LogP contribution in [0.5, 0.6) is 0 Å². The van der Waals surface area contributed by atoms with Crippen LogP contribution >= 0.6 is 0 Å². The second kappa shape index (κ2) is 4.70. The summed E-state index contributed by atoms with van der Waals surface area (Å²) in [5.74, 6) is -0.0912. The van der Waals surface area contributed by atoms with E-state index >= 15 is 0 Å². The highest BCUT2D eigenvalue weighted by atomic mass is 16.5. The van der Waals surface area contributed by atoms with Gasteiger partial charge in [-0.1, -0.05) is 0 Å². The quantitative estimate of drug-likeness (QED) is 0.630. The van der Waals surface area contributed by atoms with Gasteiger partial charge in [-0.25, -0.2) is 4.79 Å².